The van der Waals surface area contributed by atoms with E-state index in [1.54, 1.807) is 4.90 Å². The monoisotopic (exact) mass is 766 g/mol. The van der Waals surface area contributed by atoms with Crippen molar-refractivity contribution in [3.05, 3.63) is 90.5 Å². The van der Waals surface area contributed by atoms with Crippen molar-refractivity contribution in [2.24, 2.45) is 11.8 Å². The summed E-state index contributed by atoms with van der Waals surface area (Å²) < 4.78 is 11.3. The van der Waals surface area contributed by atoms with Crippen LogP contribution in [-0.4, -0.2) is 121 Å². The molecule has 0 spiro atoms. The lowest BCUT2D eigenvalue weighted by molar-refractivity contribution is -0.385. The molecular formula is C36H42N6O11S. The minimum atomic E-state index is -0.969. The summed E-state index contributed by atoms with van der Waals surface area (Å²) in [6.45, 7) is 6.71. The van der Waals surface area contributed by atoms with Crippen LogP contribution in [0.15, 0.2) is 59.1 Å². The number of nitro groups is 2. The summed E-state index contributed by atoms with van der Waals surface area (Å²) in [5.74, 6) is -2.54. The molecule has 0 radical (unpaired) electrons. The second-order valence-corrected chi connectivity index (χ2v) is 15.5. The fourth-order valence-corrected chi connectivity index (χ4v) is 9.02. The van der Waals surface area contributed by atoms with Gasteiger partial charge in [-0.1, -0.05) is 6.92 Å². The van der Waals surface area contributed by atoms with E-state index in [1.165, 1.54) is 77.0 Å². The number of nitro benzene ring substituents is 2. The molecule has 2 aromatic rings. The molecule has 0 aliphatic carbocycles. The lowest BCUT2D eigenvalue weighted by Gasteiger charge is -2.46. The number of β-lactam (4-membered cyclic amide) rings is 1. The van der Waals surface area contributed by atoms with E-state index in [-0.39, 0.29) is 61.1 Å². The standard InChI is InChI=1S/C36H42N6O11S/c1-20-16-38(14-13-37(20)4)33(44)28-15-27(17-39(28)36(47)53-19-24-7-11-26(12-8-24)42(50)51)54-32-21(2)30-29(22(3)43)34(45)40(30)31(32)35(46)52-18-23-5-9-25(10-6-23)41(48)49/h5-12,20-22,27-30,43H,13-19H2,1-4H3/t20?,21-,22-,27+,28+,29-,30-/m1/s1. The highest BCUT2D eigenvalue weighted by Crippen LogP contribution is 2.52. The van der Waals surface area contributed by atoms with Crippen LogP contribution in [0.2, 0.25) is 0 Å². The fourth-order valence-electron chi connectivity index (χ4n) is 7.50. The van der Waals surface area contributed by atoms with Gasteiger partial charge in [-0.2, -0.15) is 0 Å². The van der Waals surface area contributed by atoms with Gasteiger partial charge in [0, 0.05) is 72.6 Å². The lowest BCUT2D eigenvalue weighted by atomic mass is 9.79. The smallest absolute Gasteiger partial charge is 0.410 e. The molecule has 0 bridgehead atoms. The van der Waals surface area contributed by atoms with Crippen LogP contribution in [-0.2, 0) is 37.1 Å². The third kappa shape index (κ3) is 7.63. The number of benzene rings is 2. The number of thioether (sulfide) groups is 1. The normalized spacial score (nSPS) is 25.9. The van der Waals surface area contributed by atoms with E-state index < -0.39 is 57.2 Å². The lowest BCUT2D eigenvalue weighted by Crippen LogP contribution is -2.63. The molecule has 3 saturated heterocycles. The number of hydrogen-bond acceptors (Lipinski definition) is 13. The van der Waals surface area contributed by atoms with Crippen molar-refractivity contribution in [1.29, 1.82) is 0 Å². The molecule has 1 N–H and O–H groups in total. The molecule has 0 saturated carbocycles. The van der Waals surface area contributed by atoms with Crippen molar-refractivity contribution in [3.8, 4) is 0 Å². The first-order valence-corrected chi connectivity index (χ1v) is 18.5. The van der Waals surface area contributed by atoms with Gasteiger partial charge < -0.3 is 29.3 Å². The van der Waals surface area contributed by atoms with Crippen molar-refractivity contribution in [3.63, 3.8) is 0 Å². The van der Waals surface area contributed by atoms with Crippen LogP contribution < -0.4 is 0 Å². The van der Waals surface area contributed by atoms with Crippen LogP contribution in [0, 0.1) is 32.1 Å². The van der Waals surface area contributed by atoms with Crippen molar-refractivity contribution in [2.75, 3.05) is 33.2 Å². The highest BCUT2D eigenvalue weighted by atomic mass is 32.2. The summed E-state index contributed by atoms with van der Waals surface area (Å²) in [7, 11) is 1.98. The number of esters is 1. The number of hydrogen-bond donors (Lipinski definition) is 1. The van der Waals surface area contributed by atoms with Crippen molar-refractivity contribution < 1.29 is 43.6 Å². The zero-order chi connectivity index (χ0) is 39.0. The second-order valence-electron chi connectivity index (χ2n) is 14.2. The summed E-state index contributed by atoms with van der Waals surface area (Å²) >= 11 is 1.29. The topological polar surface area (TPSA) is 206 Å². The largest absolute Gasteiger partial charge is 0.456 e. The Bertz CT molecular complexity index is 1860. The Morgan fingerprint density at radius 3 is 2.04 bits per heavy atom. The molecule has 4 heterocycles. The van der Waals surface area contributed by atoms with Gasteiger partial charge in [0.15, 0.2) is 0 Å². The quantitative estimate of drug-likeness (QED) is 0.151. The third-order valence-electron chi connectivity index (χ3n) is 10.7. The first-order chi connectivity index (χ1) is 25.7. The van der Waals surface area contributed by atoms with Gasteiger partial charge in [-0.05, 0) is 62.7 Å². The average Bonchev–Trinajstić information content (AvgIpc) is 3.67. The number of fused-ring (bicyclic) bond motifs is 1. The Hall–Kier alpha value is -5.07. The van der Waals surface area contributed by atoms with E-state index in [1.807, 2.05) is 20.9 Å². The van der Waals surface area contributed by atoms with Gasteiger partial charge in [0.1, 0.15) is 25.0 Å². The molecule has 4 aliphatic rings. The highest BCUT2D eigenvalue weighted by Gasteiger charge is 2.60. The van der Waals surface area contributed by atoms with E-state index in [0.717, 1.165) is 0 Å². The van der Waals surface area contributed by atoms with E-state index in [0.29, 0.717) is 35.7 Å². The van der Waals surface area contributed by atoms with Crippen molar-refractivity contribution >= 4 is 47.0 Å². The molecular weight excluding hydrogens is 724 g/mol. The Labute approximate surface area is 315 Å². The fraction of sp³-hybridized carbons (Fsp3) is 0.500. The number of likely N-dealkylation sites (tertiary alicyclic amines) is 1. The zero-order valence-corrected chi connectivity index (χ0v) is 31.0. The van der Waals surface area contributed by atoms with Crippen molar-refractivity contribution in [1.82, 2.24) is 19.6 Å². The molecule has 288 valence electrons. The van der Waals surface area contributed by atoms with Crippen LogP contribution in [0.4, 0.5) is 16.2 Å². The van der Waals surface area contributed by atoms with Gasteiger partial charge in [-0.15, -0.1) is 11.8 Å². The highest BCUT2D eigenvalue weighted by molar-refractivity contribution is 8.03. The van der Waals surface area contributed by atoms with Gasteiger partial charge in [0.05, 0.1) is 27.9 Å². The number of amides is 3. The minimum Gasteiger partial charge on any atom is -0.456 e. The maximum Gasteiger partial charge on any atom is 0.410 e. The van der Waals surface area contributed by atoms with Crippen LogP contribution in [0.1, 0.15) is 38.3 Å². The molecule has 4 aliphatic heterocycles. The maximum absolute atomic E-state index is 14.1. The van der Waals surface area contributed by atoms with Crippen LogP contribution in [0.5, 0.6) is 0 Å². The van der Waals surface area contributed by atoms with Gasteiger partial charge in [0.2, 0.25) is 11.8 Å². The van der Waals surface area contributed by atoms with Crippen LogP contribution >= 0.6 is 11.8 Å². The first-order valence-electron chi connectivity index (χ1n) is 17.6. The van der Waals surface area contributed by atoms with Gasteiger partial charge in [-0.3, -0.25) is 34.7 Å². The van der Waals surface area contributed by atoms with E-state index in [4.69, 9.17) is 9.47 Å². The number of aliphatic hydroxyl groups is 1. The summed E-state index contributed by atoms with van der Waals surface area (Å²) in [6, 6.07) is 9.87. The summed E-state index contributed by atoms with van der Waals surface area (Å²) in [5, 5.41) is 32.2. The molecule has 1 unspecified atom stereocenters. The predicted molar refractivity (Wildman–Crippen MR) is 193 cm³/mol. The second kappa shape index (κ2) is 15.7. The molecule has 2 aromatic carbocycles. The number of nitrogens with zero attached hydrogens (tertiary/aromatic N) is 6. The van der Waals surface area contributed by atoms with Gasteiger partial charge in [0.25, 0.3) is 11.4 Å². The van der Waals surface area contributed by atoms with Crippen LogP contribution in [0.25, 0.3) is 0 Å². The summed E-state index contributed by atoms with van der Waals surface area (Å²) in [5.41, 5.74) is 0.845. The SMILES string of the molecule is CC1CN(C(=O)[C@@H]2C[C@H](SC3=C(C(=O)OCc4ccc([N+](=O)[O-])cc4)N4C(=O)[C@H]([C@@H](C)O)[C@H]4[C@H]3C)CN2C(=O)OCc2ccc([N+](=O)[O-])cc2)CCN1C. The number of piperazine rings is 1. The Kier molecular flexibility index (Phi) is 11.3. The van der Waals surface area contributed by atoms with Crippen molar-refractivity contribution in [2.45, 2.75) is 69.9 Å². The zero-order valence-electron chi connectivity index (χ0n) is 30.2. The first kappa shape index (κ1) is 38.6. The van der Waals surface area contributed by atoms with E-state index in [9.17, 15) is 44.5 Å². The van der Waals surface area contributed by atoms with Gasteiger partial charge in [-0.25, -0.2) is 9.59 Å². The maximum atomic E-state index is 14.1. The number of rotatable bonds is 11. The molecule has 3 fully saturated rings. The summed E-state index contributed by atoms with van der Waals surface area (Å²) in [6.07, 6.45) is -1.47. The van der Waals surface area contributed by atoms with E-state index >= 15 is 0 Å². The number of non-ortho nitro benzene ring substituents is 2. The van der Waals surface area contributed by atoms with Crippen LogP contribution in [0.3, 0.4) is 0 Å². The van der Waals surface area contributed by atoms with Gasteiger partial charge >= 0.3 is 12.1 Å². The number of carbonyl (C=O) groups excluding carboxylic acids is 4. The molecule has 3 amide bonds. The minimum absolute atomic E-state index is 0.0382. The molecule has 6 rings (SSSR count). The number of aliphatic hydroxyl groups excluding tert-OH is 1. The van der Waals surface area contributed by atoms with E-state index in [2.05, 4.69) is 4.90 Å². The Morgan fingerprint density at radius 1 is 0.926 bits per heavy atom. The summed E-state index contributed by atoms with van der Waals surface area (Å²) in [4.78, 5) is 83.2. The molecule has 7 atom stereocenters. The molecule has 17 nitrogen and oxygen atoms in total. The predicted octanol–water partition coefficient (Wildman–Crippen LogP) is 3.29. The Morgan fingerprint density at radius 2 is 1.50 bits per heavy atom. The third-order valence-corrected chi connectivity index (χ3v) is 12.2. The number of likely N-dealkylation sites (N-methyl/N-ethyl adjacent to an activating group) is 1. The number of ether oxygens (including phenoxy) is 2. The molecule has 54 heavy (non-hydrogen) atoms. The number of carbonyl (C=O) groups is 4. The molecule has 0 aromatic heterocycles. The Balaban J connectivity index is 1.24. The molecule has 18 heteroatoms. The average molecular weight is 767 g/mol.